The smallest absolute Gasteiger partial charge is 0.201 e. The quantitative estimate of drug-likeness (QED) is 0.596. The topological polar surface area (TPSA) is 31.4 Å². The van der Waals surface area contributed by atoms with Gasteiger partial charge in [-0.3, -0.25) is 0 Å². The molecule has 0 fully saturated rings. The summed E-state index contributed by atoms with van der Waals surface area (Å²) in [6.07, 6.45) is -0.364. The fraction of sp³-hybridized carbons (Fsp3) is 0.308. The standard InChI is InChI=1S/C13H15NO2S2/c1-15-13(16-2)11-8-18-12(14-11)9-17-10-6-4-3-5-7-10/h3-8,13H,9H2,1-2H3. The lowest BCUT2D eigenvalue weighted by Gasteiger charge is -2.09. The number of hydrogen-bond donors (Lipinski definition) is 0. The Kier molecular flexibility index (Phi) is 5.19. The SMILES string of the molecule is COC(OC)c1csc(CSc2ccccc2)n1. The van der Waals surface area contributed by atoms with E-state index in [1.165, 1.54) is 4.90 Å². The highest BCUT2D eigenvalue weighted by Gasteiger charge is 2.13. The molecule has 0 N–H and O–H groups in total. The molecule has 18 heavy (non-hydrogen) atoms. The summed E-state index contributed by atoms with van der Waals surface area (Å²) in [5.74, 6) is 0.870. The molecule has 0 unspecified atom stereocenters. The van der Waals surface area contributed by atoms with Gasteiger partial charge in [0.05, 0.1) is 5.75 Å². The first-order valence-electron chi connectivity index (χ1n) is 5.51. The Hall–Kier alpha value is -0.880. The van der Waals surface area contributed by atoms with Crippen LogP contribution in [0.15, 0.2) is 40.6 Å². The Balaban J connectivity index is 1.95. The minimum absolute atomic E-state index is 0.364. The second-order valence-corrected chi connectivity index (χ2v) is 5.56. The predicted molar refractivity (Wildman–Crippen MR) is 74.9 cm³/mol. The van der Waals surface area contributed by atoms with Crippen LogP contribution in [0.2, 0.25) is 0 Å². The number of benzene rings is 1. The predicted octanol–water partition coefficient (Wildman–Crippen LogP) is 3.73. The first-order valence-corrected chi connectivity index (χ1v) is 7.37. The number of methoxy groups -OCH3 is 2. The van der Waals surface area contributed by atoms with Gasteiger partial charge in [-0.25, -0.2) is 4.98 Å². The summed E-state index contributed by atoms with van der Waals surface area (Å²) >= 11 is 3.42. The molecule has 0 aliphatic rings. The van der Waals surface area contributed by atoms with Crippen LogP contribution in [0.4, 0.5) is 0 Å². The van der Waals surface area contributed by atoms with Gasteiger partial charge in [0.15, 0.2) is 0 Å². The molecule has 3 nitrogen and oxygen atoms in total. The van der Waals surface area contributed by atoms with Crippen LogP contribution in [0.3, 0.4) is 0 Å². The third-order valence-electron chi connectivity index (χ3n) is 2.34. The molecule has 0 aliphatic carbocycles. The van der Waals surface area contributed by atoms with Crippen molar-refractivity contribution < 1.29 is 9.47 Å². The van der Waals surface area contributed by atoms with Crippen molar-refractivity contribution in [2.24, 2.45) is 0 Å². The summed E-state index contributed by atoms with van der Waals surface area (Å²) in [5.41, 5.74) is 0.841. The average molecular weight is 281 g/mol. The normalized spacial score (nSPS) is 11.1. The third kappa shape index (κ3) is 3.55. The van der Waals surface area contributed by atoms with Crippen molar-refractivity contribution in [1.29, 1.82) is 0 Å². The van der Waals surface area contributed by atoms with Crippen LogP contribution in [-0.2, 0) is 15.2 Å². The summed E-state index contributed by atoms with van der Waals surface area (Å²) in [7, 11) is 3.23. The number of ether oxygens (including phenoxy) is 2. The van der Waals surface area contributed by atoms with Crippen LogP contribution in [0.25, 0.3) is 0 Å². The van der Waals surface area contributed by atoms with Crippen LogP contribution in [-0.4, -0.2) is 19.2 Å². The molecule has 0 saturated heterocycles. The van der Waals surface area contributed by atoms with Gasteiger partial charge in [0, 0.05) is 24.5 Å². The Morgan fingerprint density at radius 3 is 2.61 bits per heavy atom. The fourth-order valence-electron chi connectivity index (χ4n) is 1.50. The first-order chi connectivity index (χ1) is 8.83. The Labute approximate surface area is 115 Å². The molecule has 0 aliphatic heterocycles. The maximum absolute atomic E-state index is 5.18. The highest BCUT2D eigenvalue weighted by molar-refractivity contribution is 7.98. The van der Waals surface area contributed by atoms with E-state index in [-0.39, 0.29) is 6.29 Å². The van der Waals surface area contributed by atoms with Gasteiger partial charge in [-0.2, -0.15) is 0 Å². The number of thioether (sulfide) groups is 1. The summed E-state index contributed by atoms with van der Waals surface area (Å²) in [5, 5.41) is 3.07. The molecule has 0 bridgehead atoms. The van der Waals surface area contributed by atoms with E-state index in [9.17, 15) is 0 Å². The van der Waals surface area contributed by atoms with E-state index in [0.717, 1.165) is 16.5 Å². The molecule has 0 saturated carbocycles. The van der Waals surface area contributed by atoms with Crippen molar-refractivity contribution in [2.75, 3.05) is 14.2 Å². The highest BCUT2D eigenvalue weighted by Crippen LogP contribution is 2.26. The Bertz CT molecular complexity index is 469. The fourth-order valence-corrected chi connectivity index (χ4v) is 3.23. The van der Waals surface area contributed by atoms with Crippen LogP contribution >= 0.6 is 23.1 Å². The molecule has 1 aromatic heterocycles. The summed E-state index contributed by atoms with van der Waals surface area (Å²) in [6.45, 7) is 0. The monoisotopic (exact) mass is 281 g/mol. The maximum atomic E-state index is 5.18. The van der Waals surface area contributed by atoms with E-state index in [1.807, 2.05) is 23.6 Å². The highest BCUT2D eigenvalue weighted by atomic mass is 32.2. The van der Waals surface area contributed by atoms with Gasteiger partial charge < -0.3 is 9.47 Å². The average Bonchev–Trinajstić information content (AvgIpc) is 2.88. The van der Waals surface area contributed by atoms with Gasteiger partial charge in [0.2, 0.25) is 6.29 Å². The number of aromatic nitrogens is 1. The molecule has 0 amide bonds. The first kappa shape index (κ1) is 13.5. The number of nitrogens with zero attached hydrogens (tertiary/aromatic N) is 1. The van der Waals surface area contributed by atoms with Gasteiger partial charge in [-0.15, -0.1) is 23.1 Å². The Morgan fingerprint density at radius 1 is 1.22 bits per heavy atom. The minimum Gasteiger partial charge on any atom is -0.350 e. The molecular weight excluding hydrogens is 266 g/mol. The van der Waals surface area contributed by atoms with Crippen molar-refractivity contribution >= 4 is 23.1 Å². The van der Waals surface area contributed by atoms with Crippen LogP contribution in [0, 0.1) is 0 Å². The van der Waals surface area contributed by atoms with E-state index < -0.39 is 0 Å². The number of thiazole rings is 1. The number of rotatable bonds is 6. The zero-order chi connectivity index (χ0) is 12.8. The Morgan fingerprint density at radius 2 is 1.94 bits per heavy atom. The third-order valence-corrected chi connectivity index (χ3v) is 4.42. The van der Waals surface area contributed by atoms with E-state index in [1.54, 1.807) is 37.3 Å². The van der Waals surface area contributed by atoms with Crippen LogP contribution in [0.1, 0.15) is 17.0 Å². The van der Waals surface area contributed by atoms with Gasteiger partial charge in [-0.05, 0) is 12.1 Å². The summed E-state index contributed by atoms with van der Waals surface area (Å²) in [4.78, 5) is 5.77. The summed E-state index contributed by atoms with van der Waals surface area (Å²) < 4.78 is 10.4. The molecule has 2 rings (SSSR count). The molecule has 96 valence electrons. The minimum atomic E-state index is -0.364. The van der Waals surface area contributed by atoms with Crippen molar-refractivity contribution in [1.82, 2.24) is 4.98 Å². The lowest BCUT2D eigenvalue weighted by Crippen LogP contribution is -2.03. The molecule has 1 aromatic carbocycles. The molecule has 5 heteroatoms. The van der Waals surface area contributed by atoms with E-state index >= 15 is 0 Å². The van der Waals surface area contributed by atoms with E-state index in [0.29, 0.717) is 0 Å². The van der Waals surface area contributed by atoms with E-state index in [4.69, 9.17) is 9.47 Å². The van der Waals surface area contributed by atoms with Crippen LogP contribution < -0.4 is 0 Å². The number of hydrogen-bond acceptors (Lipinski definition) is 5. The second kappa shape index (κ2) is 6.89. The van der Waals surface area contributed by atoms with Gasteiger partial charge in [0.25, 0.3) is 0 Å². The molecular formula is C13H15NO2S2. The molecule has 0 spiro atoms. The van der Waals surface area contributed by atoms with Crippen molar-refractivity contribution in [3.8, 4) is 0 Å². The zero-order valence-corrected chi connectivity index (χ0v) is 12.0. The molecule has 1 heterocycles. The summed E-state index contributed by atoms with van der Waals surface area (Å²) in [6, 6.07) is 10.3. The zero-order valence-electron chi connectivity index (χ0n) is 10.3. The molecule has 0 radical (unpaired) electrons. The van der Waals surface area contributed by atoms with Crippen molar-refractivity contribution in [3.05, 3.63) is 46.4 Å². The lowest BCUT2D eigenvalue weighted by atomic mass is 10.4. The molecule has 2 aromatic rings. The lowest BCUT2D eigenvalue weighted by molar-refractivity contribution is -0.108. The second-order valence-electron chi connectivity index (χ2n) is 3.57. The van der Waals surface area contributed by atoms with Gasteiger partial charge >= 0.3 is 0 Å². The van der Waals surface area contributed by atoms with Gasteiger partial charge in [-0.1, -0.05) is 18.2 Å². The maximum Gasteiger partial charge on any atom is 0.201 e. The van der Waals surface area contributed by atoms with Gasteiger partial charge in [0.1, 0.15) is 10.7 Å². The van der Waals surface area contributed by atoms with Crippen LogP contribution in [0.5, 0.6) is 0 Å². The van der Waals surface area contributed by atoms with Crippen molar-refractivity contribution in [2.45, 2.75) is 16.9 Å². The van der Waals surface area contributed by atoms with E-state index in [2.05, 4.69) is 17.1 Å². The van der Waals surface area contributed by atoms with Crippen molar-refractivity contribution in [3.63, 3.8) is 0 Å². The molecule has 0 atom stereocenters. The largest absolute Gasteiger partial charge is 0.350 e.